The number of nitrogens with one attached hydrogen (secondary N) is 1. The largest absolute Gasteiger partial charge is 0.375 e. The molecular formula is C17H22N2O4. The van der Waals surface area contributed by atoms with Gasteiger partial charge in [0.2, 0.25) is 0 Å². The van der Waals surface area contributed by atoms with Gasteiger partial charge in [-0.05, 0) is 44.0 Å². The number of morpholine rings is 1. The van der Waals surface area contributed by atoms with Gasteiger partial charge in [-0.3, -0.25) is 9.59 Å². The third-order valence-electron chi connectivity index (χ3n) is 4.15. The molecule has 1 aromatic rings. The summed E-state index contributed by atoms with van der Waals surface area (Å²) in [6.45, 7) is 4.39. The maximum Gasteiger partial charge on any atom is 0.254 e. The Morgan fingerprint density at radius 3 is 2.61 bits per heavy atom. The van der Waals surface area contributed by atoms with Crippen LogP contribution in [0.5, 0.6) is 0 Å². The van der Waals surface area contributed by atoms with Crippen LogP contribution in [0.4, 0.5) is 5.69 Å². The summed E-state index contributed by atoms with van der Waals surface area (Å²) < 4.78 is 10.8. The van der Waals surface area contributed by atoms with Crippen molar-refractivity contribution < 1.29 is 19.1 Å². The molecule has 0 radical (unpaired) electrons. The Balaban J connectivity index is 1.60. The van der Waals surface area contributed by atoms with Gasteiger partial charge in [0.15, 0.2) is 0 Å². The predicted octanol–water partition coefficient (Wildman–Crippen LogP) is 1.66. The molecule has 1 N–H and O–H groups in total. The fraction of sp³-hybridized carbons (Fsp3) is 0.529. The number of amides is 2. The molecule has 2 amide bonds. The van der Waals surface area contributed by atoms with E-state index in [-0.39, 0.29) is 24.0 Å². The van der Waals surface area contributed by atoms with E-state index in [1.165, 1.54) is 0 Å². The molecule has 23 heavy (non-hydrogen) atoms. The van der Waals surface area contributed by atoms with E-state index in [0.717, 1.165) is 12.8 Å². The van der Waals surface area contributed by atoms with Crippen molar-refractivity contribution in [2.45, 2.75) is 32.0 Å². The second kappa shape index (κ2) is 7.10. The lowest BCUT2D eigenvalue weighted by atomic mass is 10.1. The standard InChI is InChI=1S/C17H22N2O4/c1-12-11-19(8-10-22-12)17(21)13-4-6-14(7-5-13)18-16(20)15-3-2-9-23-15/h4-7,12,15H,2-3,8-11H2,1H3,(H,18,20). The smallest absolute Gasteiger partial charge is 0.254 e. The molecule has 0 aromatic heterocycles. The number of anilines is 1. The number of carbonyl (C=O) groups excluding carboxylic acids is 2. The second-order valence-electron chi connectivity index (χ2n) is 6.00. The zero-order valence-electron chi connectivity index (χ0n) is 13.3. The summed E-state index contributed by atoms with van der Waals surface area (Å²) in [5.41, 5.74) is 1.30. The quantitative estimate of drug-likeness (QED) is 0.920. The molecule has 2 aliphatic heterocycles. The highest BCUT2D eigenvalue weighted by Crippen LogP contribution is 2.17. The Morgan fingerprint density at radius 2 is 1.96 bits per heavy atom. The summed E-state index contributed by atoms with van der Waals surface area (Å²) in [6.07, 6.45) is 1.39. The van der Waals surface area contributed by atoms with Crippen LogP contribution in [0.3, 0.4) is 0 Å². The third kappa shape index (κ3) is 3.89. The SMILES string of the molecule is CC1CN(C(=O)c2ccc(NC(=O)C3CCCO3)cc2)CCO1. The first-order chi connectivity index (χ1) is 11.1. The normalized spacial score (nSPS) is 24.5. The minimum absolute atomic E-state index is 0.00264. The summed E-state index contributed by atoms with van der Waals surface area (Å²) in [4.78, 5) is 26.2. The van der Waals surface area contributed by atoms with Gasteiger partial charge in [0, 0.05) is 30.9 Å². The lowest BCUT2D eigenvalue weighted by Gasteiger charge is -2.31. The van der Waals surface area contributed by atoms with Crippen molar-refractivity contribution >= 4 is 17.5 Å². The lowest BCUT2D eigenvalue weighted by Crippen LogP contribution is -2.44. The van der Waals surface area contributed by atoms with Crippen LogP contribution in [0, 0.1) is 0 Å². The van der Waals surface area contributed by atoms with E-state index in [4.69, 9.17) is 9.47 Å². The second-order valence-corrected chi connectivity index (χ2v) is 6.00. The Kier molecular flexibility index (Phi) is 4.93. The molecular weight excluding hydrogens is 296 g/mol. The van der Waals surface area contributed by atoms with Gasteiger partial charge in [-0.2, -0.15) is 0 Å². The summed E-state index contributed by atoms with van der Waals surface area (Å²) in [6, 6.07) is 7.00. The molecule has 0 aliphatic carbocycles. The monoisotopic (exact) mass is 318 g/mol. The van der Waals surface area contributed by atoms with Crippen molar-refractivity contribution in [2.24, 2.45) is 0 Å². The Morgan fingerprint density at radius 1 is 1.17 bits per heavy atom. The van der Waals surface area contributed by atoms with Crippen molar-refractivity contribution in [1.82, 2.24) is 4.90 Å². The number of carbonyl (C=O) groups is 2. The van der Waals surface area contributed by atoms with Gasteiger partial charge in [0.05, 0.1) is 12.7 Å². The molecule has 6 heteroatoms. The topological polar surface area (TPSA) is 67.9 Å². The number of benzene rings is 1. The van der Waals surface area contributed by atoms with Crippen LogP contribution in [0.25, 0.3) is 0 Å². The first kappa shape index (κ1) is 16.0. The fourth-order valence-electron chi connectivity index (χ4n) is 2.89. The van der Waals surface area contributed by atoms with Crippen molar-refractivity contribution in [3.05, 3.63) is 29.8 Å². The molecule has 2 fully saturated rings. The van der Waals surface area contributed by atoms with Crippen LogP contribution in [0.1, 0.15) is 30.1 Å². The van der Waals surface area contributed by atoms with Crippen LogP contribution < -0.4 is 5.32 Å². The molecule has 2 unspecified atom stereocenters. The highest BCUT2D eigenvalue weighted by atomic mass is 16.5. The zero-order valence-corrected chi connectivity index (χ0v) is 13.3. The number of hydrogen-bond acceptors (Lipinski definition) is 4. The van der Waals surface area contributed by atoms with E-state index in [2.05, 4.69) is 5.32 Å². The van der Waals surface area contributed by atoms with Gasteiger partial charge >= 0.3 is 0 Å². The van der Waals surface area contributed by atoms with E-state index in [1.807, 2.05) is 6.92 Å². The zero-order chi connectivity index (χ0) is 16.2. The maximum absolute atomic E-state index is 12.5. The van der Waals surface area contributed by atoms with Crippen LogP contribution in [0.2, 0.25) is 0 Å². The lowest BCUT2D eigenvalue weighted by molar-refractivity contribution is -0.124. The molecule has 0 spiro atoms. The maximum atomic E-state index is 12.5. The summed E-state index contributed by atoms with van der Waals surface area (Å²) in [7, 11) is 0. The first-order valence-electron chi connectivity index (χ1n) is 8.07. The average molecular weight is 318 g/mol. The summed E-state index contributed by atoms with van der Waals surface area (Å²) in [5.74, 6) is -0.124. The molecule has 124 valence electrons. The van der Waals surface area contributed by atoms with Crippen LogP contribution >= 0.6 is 0 Å². The predicted molar refractivity (Wildman–Crippen MR) is 85.4 cm³/mol. The highest BCUT2D eigenvalue weighted by Gasteiger charge is 2.24. The van der Waals surface area contributed by atoms with Gasteiger partial charge in [-0.1, -0.05) is 0 Å². The van der Waals surface area contributed by atoms with Gasteiger partial charge < -0.3 is 19.7 Å². The molecule has 0 saturated carbocycles. The molecule has 6 nitrogen and oxygen atoms in total. The average Bonchev–Trinajstić information content (AvgIpc) is 3.09. The van der Waals surface area contributed by atoms with Gasteiger partial charge in [0.1, 0.15) is 6.10 Å². The fourth-order valence-corrected chi connectivity index (χ4v) is 2.89. The third-order valence-corrected chi connectivity index (χ3v) is 4.15. The van der Waals surface area contributed by atoms with Gasteiger partial charge in [-0.15, -0.1) is 0 Å². The molecule has 2 aliphatic rings. The molecule has 2 atom stereocenters. The van der Waals surface area contributed by atoms with Gasteiger partial charge in [0.25, 0.3) is 11.8 Å². The summed E-state index contributed by atoms with van der Waals surface area (Å²) in [5, 5.41) is 2.83. The highest BCUT2D eigenvalue weighted by molar-refractivity contribution is 5.97. The van der Waals surface area contributed by atoms with E-state index < -0.39 is 0 Å². The minimum Gasteiger partial charge on any atom is -0.375 e. The van der Waals surface area contributed by atoms with Crippen LogP contribution in [-0.4, -0.2) is 55.2 Å². The number of nitrogens with zero attached hydrogens (tertiary/aromatic N) is 1. The molecule has 1 aromatic carbocycles. The Bertz CT molecular complexity index is 566. The minimum atomic E-state index is -0.355. The van der Waals surface area contributed by atoms with E-state index >= 15 is 0 Å². The number of rotatable bonds is 3. The Hall–Kier alpha value is -1.92. The number of hydrogen-bond donors (Lipinski definition) is 1. The van der Waals surface area contributed by atoms with Gasteiger partial charge in [-0.25, -0.2) is 0 Å². The molecule has 0 bridgehead atoms. The first-order valence-corrected chi connectivity index (χ1v) is 8.07. The van der Waals surface area contributed by atoms with Crippen molar-refractivity contribution in [3.63, 3.8) is 0 Å². The van der Waals surface area contributed by atoms with Crippen molar-refractivity contribution in [2.75, 3.05) is 31.6 Å². The van der Waals surface area contributed by atoms with Crippen molar-refractivity contribution in [3.8, 4) is 0 Å². The molecule has 2 heterocycles. The Labute approximate surface area is 135 Å². The molecule has 2 saturated heterocycles. The van der Waals surface area contributed by atoms with Crippen LogP contribution in [-0.2, 0) is 14.3 Å². The molecule has 3 rings (SSSR count). The van der Waals surface area contributed by atoms with E-state index in [0.29, 0.717) is 37.6 Å². The van der Waals surface area contributed by atoms with Crippen LogP contribution in [0.15, 0.2) is 24.3 Å². The van der Waals surface area contributed by atoms with E-state index in [1.54, 1.807) is 29.2 Å². The number of ether oxygens (including phenoxy) is 2. The summed E-state index contributed by atoms with van der Waals surface area (Å²) >= 11 is 0. The van der Waals surface area contributed by atoms with E-state index in [9.17, 15) is 9.59 Å². The van der Waals surface area contributed by atoms with Crippen molar-refractivity contribution in [1.29, 1.82) is 0 Å².